The molecular weight excluding hydrogens is 272 g/mol. The van der Waals surface area contributed by atoms with E-state index in [4.69, 9.17) is 5.73 Å². The second kappa shape index (κ2) is 7.08. The minimum atomic E-state index is -1.27. The Labute approximate surface area is 124 Å². The second-order valence-electron chi connectivity index (χ2n) is 5.06. The lowest BCUT2D eigenvalue weighted by Crippen LogP contribution is -2.58. The number of carbonyl (C=O) groups is 2. The number of hydrogen-bond donors (Lipinski definition) is 4. The normalized spacial score (nSPS) is 12.7. The van der Waals surface area contributed by atoms with Crippen molar-refractivity contribution in [2.24, 2.45) is 5.73 Å². The Morgan fingerprint density at radius 1 is 1.24 bits per heavy atom. The maximum absolute atomic E-state index is 12.1. The maximum atomic E-state index is 12.1. The van der Waals surface area contributed by atoms with E-state index in [2.05, 4.69) is 5.32 Å². The van der Waals surface area contributed by atoms with Gasteiger partial charge in [0.1, 0.15) is 11.3 Å². The Bertz CT molecular complexity index is 495. The average Bonchev–Trinajstić information content (AvgIpc) is 2.46. The molecule has 0 heterocycles. The zero-order valence-electron chi connectivity index (χ0n) is 12.3. The third-order valence-corrected chi connectivity index (χ3v) is 3.71. The molecule has 0 saturated heterocycles. The van der Waals surface area contributed by atoms with Crippen LogP contribution in [0.25, 0.3) is 0 Å². The fraction of sp³-hybridized carbons (Fsp3) is 0.467. The fourth-order valence-electron chi connectivity index (χ4n) is 2.09. The molecule has 0 aliphatic rings. The van der Waals surface area contributed by atoms with Gasteiger partial charge >= 0.3 is 5.97 Å². The van der Waals surface area contributed by atoms with Gasteiger partial charge < -0.3 is 21.3 Å². The van der Waals surface area contributed by atoms with Crippen LogP contribution in [0, 0.1) is 0 Å². The molecule has 0 radical (unpaired) electrons. The molecule has 0 aliphatic heterocycles. The van der Waals surface area contributed by atoms with E-state index in [0.717, 1.165) is 5.56 Å². The molecule has 21 heavy (non-hydrogen) atoms. The van der Waals surface area contributed by atoms with Crippen molar-refractivity contribution in [2.45, 2.75) is 44.7 Å². The molecule has 1 atom stereocenters. The van der Waals surface area contributed by atoms with Gasteiger partial charge in [-0.3, -0.25) is 4.79 Å². The van der Waals surface area contributed by atoms with Crippen molar-refractivity contribution in [2.75, 3.05) is 0 Å². The van der Waals surface area contributed by atoms with E-state index in [9.17, 15) is 19.8 Å². The van der Waals surface area contributed by atoms with E-state index in [1.54, 1.807) is 26.0 Å². The van der Waals surface area contributed by atoms with Gasteiger partial charge in [-0.25, -0.2) is 4.79 Å². The highest BCUT2D eigenvalue weighted by Crippen LogP contribution is 2.16. The van der Waals surface area contributed by atoms with Crippen LogP contribution in [-0.2, 0) is 16.0 Å². The smallest absolute Gasteiger partial charge is 0.329 e. The SMILES string of the molecule is CCC(CC)(NC(=O)[C@H](N)Cc1ccc(O)cc1)C(=O)O. The molecule has 0 bridgehead atoms. The first-order valence-electron chi connectivity index (χ1n) is 6.93. The molecule has 0 fully saturated rings. The third kappa shape index (κ3) is 4.19. The van der Waals surface area contributed by atoms with Gasteiger partial charge in [0.2, 0.25) is 5.91 Å². The highest BCUT2D eigenvalue weighted by molar-refractivity contribution is 5.89. The standard InChI is InChI=1S/C15H22N2O4/c1-3-15(4-2,14(20)21)17-13(19)12(16)9-10-5-7-11(18)8-6-10/h5-8,12,18H,3-4,9,16H2,1-2H3,(H,17,19)(H,20,21)/t12-/m1/s1. The van der Waals surface area contributed by atoms with Crippen molar-refractivity contribution in [3.8, 4) is 5.75 Å². The zero-order valence-corrected chi connectivity index (χ0v) is 12.3. The first-order valence-corrected chi connectivity index (χ1v) is 6.93. The number of carboxylic acids is 1. The van der Waals surface area contributed by atoms with Crippen LogP contribution in [0.5, 0.6) is 5.75 Å². The van der Waals surface area contributed by atoms with Crippen LogP contribution in [0.2, 0.25) is 0 Å². The third-order valence-electron chi connectivity index (χ3n) is 3.71. The van der Waals surface area contributed by atoms with Gasteiger partial charge in [-0.05, 0) is 37.0 Å². The van der Waals surface area contributed by atoms with Crippen LogP contribution in [0.3, 0.4) is 0 Å². The number of aliphatic carboxylic acids is 1. The minimum Gasteiger partial charge on any atom is -0.508 e. The van der Waals surface area contributed by atoms with Gasteiger partial charge in [0.15, 0.2) is 0 Å². The Morgan fingerprint density at radius 2 is 1.76 bits per heavy atom. The zero-order chi connectivity index (χ0) is 16.0. The number of carbonyl (C=O) groups excluding carboxylic acids is 1. The molecule has 1 aromatic rings. The lowest BCUT2D eigenvalue weighted by Gasteiger charge is -2.29. The van der Waals surface area contributed by atoms with Crippen LogP contribution < -0.4 is 11.1 Å². The fourth-order valence-corrected chi connectivity index (χ4v) is 2.09. The molecule has 0 aliphatic carbocycles. The summed E-state index contributed by atoms with van der Waals surface area (Å²) >= 11 is 0. The van der Waals surface area contributed by atoms with Crippen LogP contribution >= 0.6 is 0 Å². The summed E-state index contributed by atoms with van der Waals surface area (Å²) in [6.07, 6.45) is 0.849. The number of nitrogens with two attached hydrogens (primary N) is 1. The number of phenolic OH excluding ortho intramolecular Hbond substituents is 1. The van der Waals surface area contributed by atoms with Gasteiger partial charge in [-0.15, -0.1) is 0 Å². The number of amides is 1. The molecule has 1 aromatic carbocycles. The van der Waals surface area contributed by atoms with Crippen LogP contribution in [0.15, 0.2) is 24.3 Å². The lowest BCUT2D eigenvalue weighted by molar-refractivity contribution is -0.148. The van der Waals surface area contributed by atoms with Crippen molar-refractivity contribution in [1.82, 2.24) is 5.32 Å². The van der Waals surface area contributed by atoms with Crippen molar-refractivity contribution in [3.63, 3.8) is 0 Å². The van der Waals surface area contributed by atoms with Crippen molar-refractivity contribution < 1.29 is 19.8 Å². The van der Waals surface area contributed by atoms with Gasteiger partial charge in [-0.2, -0.15) is 0 Å². The maximum Gasteiger partial charge on any atom is 0.329 e. The molecule has 5 N–H and O–H groups in total. The molecule has 6 nitrogen and oxygen atoms in total. The summed E-state index contributed by atoms with van der Waals surface area (Å²) in [5.41, 5.74) is 5.36. The second-order valence-corrected chi connectivity index (χ2v) is 5.06. The number of aromatic hydroxyl groups is 1. The van der Waals surface area contributed by atoms with E-state index in [1.807, 2.05) is 0 Å². The monoisotopic (exact) mass is 294 g/mol. The average molecular weight is 294 g/mol. The molecule has 1 rings (SSSR count). The van der Waals surface area contributed by atoms with Gasteiger partial charge in [0, 0.05) is 0 Å². The van der Waals surface area contributed by atoms with Gasteiger partial charge in [-0.1, -0.05) is 26.0 Å². The molecule has 6 heteroatoms. The first-order chi connectivity index (χ1) is 9.84. The summed E-state index contributed by atoms with van der Waals surface area (Å²) in [4.78, 5) is 23.5. The molecule has 0 aromatic heterocycles. The van der Waals surface area contributed by atoms with Crippen LogP contribution in [0.1, 0.15) is 32.3 Å². The quantitative estimate of drug-likeness (QED) is 0.600. The summed E-state index contributed by atoms with van der Waals surface area (Å²) in [7, 11) is 0. The predicted molar refractivity (Wildman–Crippen MR) is 78.9 cm³/mol. The molecule has 116 valence electrons. The minimum absolute atomic E-state index is 0.138. The summed E-state index contributed by atoms with van der Waals surface area (Å²) in [6.45, 7) is 3.42. The number of hydrogen-bond acceptors (Lipinski definition) is 4. The van der Waals surface area contributed by atoms with Crippen LogP contribution in [0.4, 0.5) is 0 Å². The Morgan fingerprint density at radius 3 is 2.19 bits per heavy atom. The van der Waals surface area contributed by atoms with E-state index in [-0.39, 0.29) is 25.0 Å². The van der Waals surface area contributed by atoms with E-state index < -0.39 is 23.5 Å². The van der Waals surface area contributed by atoms with Crippen molar-refractivity contribution in [3.05, 3.63) is 29.8 Å². The molecule has 0 saturated carbocycles. The number of benzene rings is 1. The topological polar surface area (TPSA) is 113 Å². The number of nitrogens with one attached hydrogen (secondary N) is 1. The highest BCUT2D eigenvalue weighted by atomic mass is 16.4. The largest absolute Gasteiger partial charge is 0.508 e. The molecule has 0 unspecified atom stereocenters. The molecular formula is C15H22N2O4. The number of phenols is 1. The highest BCUT2D eigenvalue weighted by Gasteiger charge is 2.37. The lowest BCUT2D eigenvalue weighted by atomic mass is 9.92. The van der Waals surface area contributed by atoms with Crippen molar-refractivity contribution in [1.29, 1.82) is 0 Å². The summed E-state index contributed by atoms with van der Waals surface area (Å²) in [5, 5.41) is 21.0. The number of rotatable bonds is 7. The number of carboxylic acid groups (broad SMARTS) is 1. The van der Waals surface area contributed by atoms with Gasteiger partial charge in [0.05, 0.1) is 6.04 Å². The Balaban J connectivity index is 2.73. The van der Waals surface area contributed by atoms with Crippen molar-refractivity contribution >= 4 is 11.9 Å². The van der Waals surface area contributed by atoms with E-state index >= 15 is 0 Å². The molecule has 0 spiro atoms. The summed E-state index contributed by atoms with van der Waals surface area (Å²) in [5.74, 6) is -1.41. The van der Waals surface area contributed by atoms with E-state index in [0.29, 0.717) is 0 Å². The Hall–Kier alpha value is -2.08. The summed E-state index contributed by atoms with van der Waals surface area (Å²) < 4.78 is 0. The summed E-state index contributed by atoms with van der Waals surface area (Å²) in [6, 6.07) is 5.53. The first kappa shape index (κ1) is 17.0. The van der Waals surface area contributed by atoms with Crippen LogP contribution in [-0.4, -0.2) is 33.7 Å². The van der Waals surface area contributed by atoms with E-state index in [1.165, 1.54) is 12.1 Å². The predicted octanol–water partition coefficient (Wildman–Crippen LogP) is 1.02. The van der Waals surface area contributed by atoms with Gasteiger partial charge in [0.25, 0.3) is 0 Å². The Kier molecular flexibility index (Phi) is 5.72. The molecule has 1 amide bonds.